The van der Waals surface area contributed by atoms with Crippen molar-refractivity contribution < 1.29 is 8.42 Å². The van der Waals surface area contributed by atoms with Crippen LogP contribution in [-0.4, -0.2) is 19.9 Å². The zero-order valence-electron chi connectivity index (χ0n) is 11.7. The second kappa shape index (κ2) is 7.31. The minimum absolute atomic E-state index is 0.0929. The molecule has 0 saturated heterocycles. The molecule has 2 rings (SSSR count). The maximum Gasteiger partial charge on any atom is 0.212 e. The molecule has 0 aliphatic heterocycles. The van der Waals surface area contributed by atoms with E-state index < -0.39 is 10.0 Å². The van der Waals surface area contributed by atoms with E-state index in [4.69, 9.17) is 5.73 Å². The molecule has 1 aromatic carbocycles. The minimum atomic E-state index is -3.25. The monoisotopic (exact) mass is 342 g/mol. The molecule has 0 bridgehead atoms. The van der Waals surface area contributed by atoms with Gasteiger partial charge in [-0.15, -0.1) is 11.8 Å². The second-order valence-corrected chi connectivity index (χ2v) is 8.48. The van der Waals surface area contributed by atoms with E-state index in [-0.39, 0.29) is 5.75 Å². The fourth-order valence-corrected chi connectivity index (χ4v) is 4.92. The second-order valence-electron chi connectivity index (χ2n) is 4.64. The Morgan fingerprint density at radius 3 is 2.81 bits per heavy atom. The van der Waals surface area contributed by atoms with E-state index in [0.717, 1.165) is 16.0 Å². The molecule has 4 nitrogen and oxygen atoms in total. The quantitative estimate of drug-likeness (QED) is 0.599. The van der Waals surface area contributed by atoms with Crippen LogP contribution in [-0.2, 0) is 16.6 Å². The van der Waals surface area contributed by atoms with Gasteiger partial charge in [0, 0.05) is 22.9 Å². The number of aryl methyl sites for hydroxylation is 1. The molecule has 0 aliphatic rings. The Bertz CT molecular complexity index is 696. The van der Waals surface area contributed by atoms with Gasteiger partial charge in [0.15, 0.2) is 0 Å². The van der Waals surface area contributed by atoms with Gasteiger partial charge in [-0.2, -0.15) is 11.3 Å². The van der Waals surface area contributed by atoms with E-state index in [0.29, 0.717) is 18.0 Å². The van der Waals surface area contributed by atoms with Crippen molar-refractivity contribution in [1.29, 1.82) is 0 Å². The Balaban J connectivity index is 1.80. The average molecular weight is 343 g/mol. The van der Waals surface area contributed by atoms with Crippen LogP contribution in [0.1, 0.15) is 11.1 Å². The predicted molar refractivity (Wildman–Crippen MR) is 91.3 cm³/mol. The van der Waals surface area contributed by atoms with Gasteiger partial charge in [-0.05, 0) is 47.0 Å². The Morgan fingerprint density at radius 2 is 2.14 bits per heavy atom. The van der Waals surface area contributed by atoms with E-state index in [1.54, 1.807) is 11.3 Å². The minimum Gasteiger partial charge on any atom is -0.399 e. The van der Waals surface area contributed by atoms with Crippen LogP contribution in [0, 0.1) is 6.92 Å². The first-order valence-corrected chi connectivity index (χ1v) is 10.0. The summed E-state index contributed by atoms with van der Waals surface area (Å²) in [5.41, 5.74) is 8.53. The number of sulfonamides is 1. The molecule has 21 heavy (non-hydrogen) atoms. The molecule has 114 valence electrons. The number of thiophene rings is 1. The summed E-state index contributed by atoms with van der Waals surface area (Å²) in [6.45, 7) is 2.34. The summed E-state index contributed by atoms with van der Waals surface area (Å²) in [6, 6.07) is 7.45. The van der Waals surface area contributed by atoms with Crippen molar-refractivity contribution in [1.82, 2.24) is 4.72 Å². The fraction of sp³-hybridized carbons (Fsp3) is 0.286. The summed E-state index contributed by atoms with van der Waals surface area (Å²) in [7, 11) is -3.25. The van der Waals surface area contributed by atoms with Gasteiger partial charge >= 0.3 is 0 Å². The maximum absolute atomic E-state index is 11.9. The molecule has 7 heteroatoms. The van der Waals surface area contributed by atoms with E-state index in [2.05, 4.69) is 4.72 Å². The number of anilines is 1. The van der Waals surface area contributed by atoms with Gasteiger partial charge in [0.25, 0.3) is 0 Å². The molecule has 0 unspecified atom stereocenters. The molecule has 0 aliphatic carbocycles. The van der Waals surface area contributed by atoms with Crippen LogP contribution < -0.4 is 10.5 Å². The lowest BCUT2D eigenvalue weighted by Crippen LogP contribution is -2.27. The molecule has 1 heterocycles. The van der Waals surface area contributed by atoms with Crippen LogP contribution in [0.15, 0.2) is 39.9 Å². The number of hydrogen-bond acceptors (Lipinski definition) is 5. The van der Waals surface area contributed by atoms with E-state index in [1.165, 1.54) is 11.8 Å². The van der Waals surface area contributed by atoms with E-state index in [1.807, 2.05) is 41.9 Å². The van der Waals surface area contributed by atoms with Crippen molar-refractivity contribution >= 4 is 38.8 Å². The average Bonchev–Trinajstić information content (AvgIpc) is 2.82. The standard InChI is InChI=1S/C14H18N2O2S3/c1-11-9-19-10-12(11)8-16-21(17,18)6-5-20-14-4-2-3-13(15)7-14/h2-4,7,9-10,16H,5-6,8,15H2,1H3. The number of nitrogens with one attached hydrogen (secondary N) is 1. The summed E-state index contributed by atoms with van der Waals surface area (Å²) in [6.07, 6.45) is 0. The molecule has 0 fully saturated rings. The third-order valence-electron chi connectivity index (χ3n) is 2.92. The van der Waals surface area contributed by atoms with Gasteiger partial charge in [-0.25, -0.2) is 13.1 Å². The number of thioether (sulfide) groups is 1. The molecule has 0 spiro atoms. The van der Waals surface area contributed by atoms with Crippen molar-refractivity contribution in [2.75, 3.05) is 17.2 Å². The zero-order valence-corrected chi connectivity index (χ0v) is 14.2. The number of hydrogen-bond donors (Lipinski definition) is 2. The molecule has 0 amide bonds. The van der Waals surface area contributed by atoms with Crippen LogP contribution in [0.3, 0.4) is 0 Å². The lowest BCUT2D eigenvalue weighted by Gasteiger charge is -2.07. The van der Waals surface area contributed by atoms with E-state index >= 15 is 0 Å². The van der Waals surface area contributed by atoms with Gasteiger partial charge in [0.2, 0.25) is 10.0 Å². The van der Waals surface area contributed by atoms with Crippen molar-refractivity contribution in [3.63, 3.8) is 0 Å². The molecule has 0 saturated carbocycles. The summed E-state index contributed by atoms with van der Waals surface area (Å²) in [5.74, 6) is 0.594. The van der Waals surface area contributed by atoms with Gasteiger partial charge in [-0.3, -0.25) is 0 Å². The van der Waals surface area contributed by atoms with Gasteiger partial charge < -0.3 is 5.73 Å². The molecule has 1 aromatic heterocycles. The summed E-state index contributed by atoms with van der Waals surface area (Å²) < 4.78 is 26.5. The smallest absolute Gasteiger partial charge is 0.212 e. The first-order chi connectivity index (χ1) is 9.96. The topological polar surface area (TPSA) is 72.2 Å². The normalized spacial score (nSPS) is 11.7. The highest BCUT2D eigenvalue weighted by atomic mass is 32.2. The van der Waals surface area contributed by atoms with Crippen LogP contribution >= 0.6 is 23.1 Å². The Kier molecular flexibility index (Phi) is 5.69. The Labute approximate surface area is 133 Å². The van der Waals surface area contributed by atoms with Crippen molar-refractivity contribution in [2.24, 2.45) is 0 Å². The van der Waals surface area contributed by atoms with Crippen molar-refractivity contribution in [3.05, 3.63) is 46.2 Å². The number of nitrogens with two attached hydrogens (primary N) is 1. The number of rotatable bonds is 7. The molecular weight excluding hydrogens is 324 g/mol. The molecule has 2 aromatic rings. The molecule has 0 radical (unpaired) electrons. The van der Waals surface area contributed by atoms with Crippen LogP contribution in [0.25, 0.3) is 0 Å². The number of benzene rings is 1. The van der Waals surface area contributed by atoms with Gasteiger partial charge in [0.1, 0.15) is 0 Å². The summed E-state index contributed by atoms with van der Waals surface area (Å²) in [5, 5.41) is 3.98. The van der Waals surface area contributed by atoms with Crippen LogP contribution in [0.2, 0.25) is 0 Å². The lowest BCUT2D eigenvalue weighted by atomic mass is 10.2. The van der Waals surface area contributed by atoms with Gasteiger partial charge in [-0.1, -0.05) is 6.07 Å². The van der Waals surface area contributed by atoms with Crippen LogP contribution in [0.4, 0.5) is 5.69 Å². The van der Waals surface area contributed by atoms with Gasteiger partial charge in [0.05, 0.1) is 5.75 Å². The highest BCUT2D eigenvalue weighted by Gasteiger charge is 2.11. The number of nitrogen functional groups attached to an aromatic ring is 1. The zero-order chi connectivity index (χ0) is 15.3. The first kappa shape index (κ1) is 16.4. The van der Waals surface area contributed by atoms with E-state index in [9.17, 15) is 8.42 Å². The fourth-order valence-electron chi connectivity index (χ4n) is 1.70. The van der Waals surface area contributed by atoms with Crippen LogP contribution in [0.5, 0.6) is 0 Å². The highest BCUT2D eigenvalue weighted by molar-refractivity contribution is 8.00. The molecular formula is C14H18N2O2S3. The highest BCUT2D eigenvalue weighted by Crippen LogP contribution is 2.20. The Morgan fingerprint density at radius 1 is 1.33 bits per heavy atom. The largest absolute Gasteiger partial charge is 0.399 e. The molecule has 3 N–H and O–H groups in total. The Hall–Kier alpha value is -1.02. The SMILES string of the molecule is Cc1cscc1CNS(=O)(=O)CCSc1cccc(N)c1. The lowest BCUT2D eigenvalue weighted by molar-refractivity contribution is 0.583. The predicted octanol–water partition coefficient (Wildman–Crippen LogP) is 2.85. The van der Waals surface area contributed by atoms with Crippen molar-refractivity contribution in [3.8, 4) is 0 Å². The third-order valence-corrected chi connectivity index (χ3v) is 6.41. The van der Waals surface area contributed by atoms with Crippen molar-refractivity contribution in [2.45, 2.75) is 18.4 Å². The first-order valence-electron chi connectivity index (χ1n) is 6.43. The summed E-state index contributed by atoms with van der Waals surface area (Å²) in [4.78, 5) is 0.985. The third kappa shape index (κ3) is 5.35. The summed E-state index contributed by atoms with van der Waals surface area (Å²) >= 11 is 3.07. The molecule has 0 atom stereocenters. The maximum atomic E-state index is 11.9.